The molecule has 1 fully saturated rings. The highest BCUT2D eigenvalue weighted by Gasteiger charge is 2.20. The Morgan fingerprint density at radius 3 is 2.74 bits per heavy atom. The number of nitrogens with one attached hydrogen (secondary N) is 1. The Bertz CT molecular complexity index is 334. The molecule has 1 aliphatic rings. The van der Waals surface area contributed by atoms with Gasteiger partial charge in [0.05, 0.1) is 6.61 Å². The summed E-state index contributed by atoms with van der Waals surface area (Å²) in [6.07, 6.45) is 6.48. The van der Waals surface area contributed by atoms with Gasteiger partial charge in [-0.1, -0.05) is 50.1 Å². The number of benzene rings is 1. The second-order valence-electron chi connectivity index (χ2n) is 5.58. The van der Waals surface area contributed by atoms with E-state index in [1.54, 1.807) is 0 Å². The van der Waals surface area contributed by atoms with Crippen molar-refractivity contribution in [2.75, 3.05) is 19.8 Å². The van der Waals surface area contributed by atoms with E-state index in [-0.39, 0.29) is 0 Å². The van der Waals surface area contributed by atoms with Crippen LogP contribution in [0.2, 0.25) is 0 Å². The minimum atomic E-state index is 0.477. The van der Waals surface area contributed by atoms with Gasteiger partial charge in [0.15, 0.2) is 0 Å². The average Bonchev–Trinajstić information content (AvgIpc) is 3.27. The molecule has 19 heavy (non-hydrogen) atoms. The largest absolute Gasteiger partial charge is 0.380 e. The van der Waals surface area contributed by atoms with Crippen molar-refractivity contribution >= 4 is 0 Å². The van der Waals surface area contributed by atoms with E-state index in [9.17, 15) is 0 Å². The Hall–Kier alpha value is -0.860. The molecule has 2 rings (SSSR count). The lowest BCUT2D eigenvalue weighted by Gasteiger charge is -2.19. The minimum Gasteiger partial charge on any atom is -0.380 e. The van der Waals surface area contributed by atoms with Gasteiger partial charge < -0.3 is 10.1 Å². The summed E-state index contributed by atoms with van der Waals surface area (Å²) < 4.78 is 5.69. The van der Waals surface area contributed by atoms with Gasteiger partial charge in [-0.3, -0.25) is 0 Å². The van der Waals surface area contributed by atoms with E-state index in [2.05, 4.69) is 42.6 Å². The maximum atomic E-state index is 5.69. The normalized spacial score (nSPS) is 16.5. The van der Waals surface area contributed by atoms with Gasteiger partial charge >= 0.3 is 0 Å². The SMILES string of the molecule is CCCCC(NCCOCC1CC1)c1ccccc1. The molecule has 0 bridgehead atoms. The molecule has 1 unspecified atom stereocenters. The van der Waals surface area contributed by atoms with Crippen LogP contribution in [-0.2, 0) is 4.74 Å². The van der Waals surface area contributed by atoms with Crippen molar-refractivity contribution in [1.82, 2.24) is 5.32 Å². The van der Waals surface area contributed by atoms with Crippen molar-refractivity contribution in [3.8, 4) is 0 Å². The third-order valence-corrected chi connectivity index (χ3v) is 3.74. The highest BCUT2D eigenvalue weighted by atomic mass is 16.5. The average molecular weight is 261 g/mol. The summed E-state index contributed by atoms with van der Waals surface area (Å²) in [4.78, 5) is 0. The second kappa shape index (κ2) is 8.34. The molecule has 1 saturated carbocycles. The Labute approximate surface area is 117 Å². The fraction of sp³-hybridized carbons (Fsp3) is 0.647. The predicted octanol–water partition coefficient (Wildman–Crippen LogP) is 3.93. The Morgan fingerprint density at radius 1 is 1.26 bits per heavy atom. The van der Waals surface area contributed by atoms with E-state index in [0.29, 0.717) is 6.04 Å². The number of rotatable bonds is 10. The van der Waals surface area contributed by atoms with Gasteiger partial charge in [-0.05, 0) is 30.7 Å². The molecule has 0 saturated heterocycles. The molecule has 1 N–H and O–H groups in total. The zero-order valence-corrected chi connectivity index (χ0v) is 12.1. The molecule has 0 spiro atoms. The van der Waals surface area contributed by atoms with Crippen molar-refractivity contribution in [2.45, 2.75) is 45.1 Å². The molecule has 2 nitrogen and oxygen atoms in total. The topological polar surface area (TPSA) is 21.3 Å². The molecule has 0 heterocycles. The Morgan fingerprint density at radius 2 is 2.05 bits per heavy atom. The summed E-state index contributed by atoms with van der Waals surface area (Å²) in [5.74, 6) is 0.866. The lowest BCUT2D eigenvalue weighted by atomic mass is 10.0. The van der Waals surface area contributed by atoms with Crippen molar-refractivity contribution < 1.29 is 4.74 Å². The lowest BCUT2D eigenvalue weighted by molar-refractivity contribution is 0.124. The third-order valence-electron chi connectivity index (χ3n) is 3.74. The van der Waals surface area contributed by atoms with Crippen LogP contribution in [0.1, 0.15) is 50.6 Å². The van der Waals surface area contributed by atoms with E-state index in [1.165, 1.54) is 37.7 Å². The van der Waals surface area contributed by atoms with Crippen LogP contribution in [0.25, 0.3) is 0 Å². The summed E-state index contributed by atoms with van der Waals surface area (Å²) in [5.41, 5.74) is 1.40. The Kier molecular flexibility index (Phi) is 6.38. The fourth-order valence-corrected chi connectivity index (χ4v) is 2.32. The maximum Gasteiger partial charge on any atom is 0.0591 e. The molecule has 2 heteroatoms. The number of hydrogen-bond acceptors (Lipinski definition) is 2. The van der Waals surface area contributed by atoms with Crippen molar-refractivity contribution in [3.05, 3.63) is 35.9 Å². The van der Waals surface area contributed by atoms with Gasteiger partial charge in [-0.2, -0.15) is 0 Å². The Balaban J connectivity index is 1.70. The van der Waals surface area contributed by atoms with Crippen LogP contribution in [0.15, 0.2) is 30.3 Å². The second-order valence-corrected chi connectivity index (χ2v) is 5.58. The summed E-state index contributed by atoms with van der Waals surface area (Å²) in [6.45, 7) is 5.01. The quantitative estimate of drug-likeness (QED) is 0.644. The van der Waals surface area contributed by atoms with Crippen molar-refractivity contribution in [1.29, 1.82) is 0 Å². The van der Waals surface area contributed by atoms with Crippen molar-refractivity contribution in [2.24, 2.45) is 5.92 Å². The summed E-state index contributed by atoms with van der Waals surface area (Å²) >= 11 is 0. The molecule has 106 valence electrons. The minimum absolute atomic E-state index is 0.477. The molecule has 0 amide bonds. The summed E-state index contributed by atoms with van der Waals surface area (Å²) in [6, 6.07) is 11.3. The van der Waals surface area contributed by atoms with Crippen LogP contribution >= 0.6 is 0 Å². The first kappa shape index (κ1) is 14.5. The number of hydrogen-bond donors (Lipinski definition) is 1. The van der Waals surface area contributed by atoms with Gasteiger partial charge in [0.1, 0.15) is 0 Å². The highest BCUT2D eigenvalue weighted by molar-refractivity contribution is 5.18. The fourth-order valence-electron chi connectivity index (χ4n) is 2.32. The van der Waals surface area contributed by atoms with E-state index in [1.807, 2.05) is 0 Å². The number of ether oxygens (including phenoxy) is 1. The molecule has 0 radical (unpaired) electrons. The zero-order chi connectivity index (χ0) is 13.3. The first-order chi connectivity index (χ1) is 9.40. The zero-order valence-electron chi connectivity index (χ0n) is 12.1. The van der Waals surface area contributed by atoms with Crippen LogP contribution in [0.5, 0.6) is 0 Å². The molecular weight excluding hydrogens is 234 g/mol. The van der Waals surface area contributed by atoms with E-state index < -0.39 is 0 Å². The van der Waals surface area contributed by atoms with Gasteiger partial charge in [0.25, 0.3) is 0 Å². The molecule has 1 aromatic carbocycles. The van der Waals surface area contributed by atoms with Crippen molar-refractivity contribution in [3.63, 3.8) is 0 Å². The predicted molar refractivity (Wildman–Crippen MR) is 80.3 cm³/mol. The summed E-state index contributed by atoms with van der Waals surface area (Å²) in [7, 11) is 0. The molecule has 1 aliphatic carbocycles. The molecular formula is C17H27NO. The number of unbranched alkanes of at least 4 members (excludes halogenated alkanes) is 1. The van der Waals surface area contributed by atoms with Gasteiger partial charge in [0, 0.05) is 19.2 Å². The van der Waals surface area contributed by atoms with Gasteiger partial charge in [-0.25, -0.2) is 0 Å². The first-order valence-electron chi connectivity index (χ1n) is 7.76. The molecule has 1 aromatic rings. The van der Waals surface area contributed by atoms with Crippen LogP contribution in [0.3, 0.4) is 0 Å². The standard InChI is InChI=1S/C17H27NO/c1-2-3-9-17(16-7-5-4-6-8-16)18-12-13-19-14-15-10-11-15/h4-8,15,17-18H,2-3,9-14H2,1H3. The molecule has 0 aliphatic heterocycles. The van der Waals surface area contributed by atoms with Crippen LogP contribution in [0, 0.1) is 5.92 Å². The van der Waals surface area contributed by atoms with Crippen LogP contribution in [0.4, 0.5) is 0 Å². The van der Waals surface area contributed by atoms with Gasteiger partial charge in [0.2, 0.25) is 0 Å². The van der Waals surface area contributed by atoms with E-state index in [4.69, 9.17) is 4.74 Å². The third kappa shape index (κ3) is 5.75. The monoisotopic (exact) mass is 261 g/mol. The molecule has 1 atom stereocenters. The maximum absolute atomic E-state index is 5.69. The lowest BCUT2D eigenvalue weighted by Crippen LogP contribution is -2.25. The van der Waals surface area contributed by atoms with Gasteiger partial charge in [-0.15, -0.1) is 0 Å². The highest BCUT2D eigenvalue weighted by Crippen LogP contribution is 2.28. The summed E-state index contributed by atoms with van der Waals surface area (Å²) in [5, 5.41) is 3.64. The van der Waals surface area contributed by atoms with Crippen LogP contribution in [-0.4, -0.2) is 19.8 Å². The smallest absolute Gasteiger partial charge is 0.0591 e. The van der Waals surface area contributed by atoms with E-state index in [0.717, 1.165) is 25.7 Å². The molecule has 0 aromatic heterocycles. The van der Waals surface area contributed by atoms with E-state index >= 15 is 0 Å². The van der Waals surface area contributed by atoms with Crippen LogP contribution < -0.4 is 5.32 Å². The first-order valence-corrected chi connectivity index (χ1v) is 7.76.